The standard InChI is InChI=1S/C14H21NO2S/c1-15(8-5-10-17-2)12-14-13(7-11-18-14)6-3-4-9-16/h7,11,16H,4-5,8-10,12H2,1-2H3. The largest absolute Gasteiger partial charge is 0.395 e. The van der Waals surface area contributed by atoms with Gasteiger partial charge in [0.05, 0.1) is 6.61 Å². The molecule has 4 heteroatoms. The van der Waals surface area contributed by atoms with Gasteiger partial charge in [0.2, 0.25) is 0 Å². The van der Waals surface area contributed by atoms with E-state index in [1.807, 2.05) is 6.07 Å². The Morgan fingerprint density at radius 3 is 3.06 bits per heavy atom. The van der Waals surface area contributed by atoms with Crippen molar-refractivity contribution in [1.29, 1.82) is 0 Å². The number of rotatable bonds is 7. The Hall–Kier alpha value is -0.860. The van der Waals surface area contributed by atoms with Gasteiger partial charge < -0.3 is 14.7 Å². The Balaban J connectivity index is 2.47. The molecule has 0 aromatic carbocycles. The van der Waals surface area contributed by atoms with Crippen molar-refractivity contribution in [3.63, 3.8) is 0 Å². The number of thiophene rings is 1. The van der Waals surface area contributed by atoms with Crippen LogP contribution in [0.1, 0.15) is 23.3 Å². The molecule has 0 aliphatic heterocycles. The van der Waals surface area contributed by atoms with E-state index in [0.29, 0.717) is 6.42 Å². The summed E-state index contributed by atoms with van der Waals surface area (Å²) < 4.78 is 5.05. The zero-order valence-electron chi connectivity index (χ0n) is 11.1. The van der Waals surface area contributed by atoms with E-state index in [9.17, 15) is 0 Å². The molecule has 1 heterocycles. The molecule has 1 N–H and O–H groups in total. The number of ether oxygens (including phenoxy) is 1. The van der Waals surface area contributed by atoms with Crippen LogP contribution >= 0.6 is 11.3 Å². The highest BCUT2D eigenvalue weighted by molar-refractivity contribution is 7.10. The highest BCUT2D eigenvalue weighted by atomic mass is 32.1. The lowest BCUT2D eigenvalue weighted by Gasteiger charge is -2.15. The number of hydrogen-bond acceptors (Lipinski definition) is 4. The van der Waals surface area contributed by atoms with Crippen LogP contribution in [0, 0.1) is 11.8 Å². The lowest BCUT2D eigenvalue weighted by molar-refractivity contribution is 0.178. The molecule has 1 aromatic heterocycles. The first-order chi connectivity index (χ1) is 8.77. The van der Waals surface area contributed by atoms with Crippen molar-refractivity contribution in [2.24, 2.45) is 0 Å². The van der Waals surface area contributed by atoms with Gasteiger partial charge in [-0.15, -0.1) is 11.3 Å². The summed E-state index contributed by atoms with van der Waals surface area (Å²) in [5.41, 5.74) is 1.09. The molecule has 0 aliphatic carbocycles. The van der Waals surface area contributed by atoms with Gasteiger partial charge in [-0.3, -0.25) is 0 Å². The van der Waals surface area contributed by atoms with E-state index in [1.165, 1.54) is 4.88 Å². The number of hydrogen-bond donors (Lipinski definition) is 1. The molecule has 0 saturated heterocycles. The summed E-state index contributed by atoms with van der Waals surface area (Å²) in [6.45, 7) is 2.88. The number of aliphatic hydroxyl groups excluding tert-OH is 1. The lowest BCUT2D eigenvalue weighted by Crippen LogP contribution is -2.20. The first-order valence-electron chi connectivity index (χ1n) is 6.11. The highest BCUT2D eigenvalue weighted by Gasteiger charge is 2.05. The smallest absolute Gasteiger partial charge is 0.0540 e. The van der Waals surface area contributed by atoms with E-state index in [-0.39, 0.29) is 6.61 Å². The number of nitrogens with zero attached hydrogens (tertiary/aromatic N) is 1. The molecular weight excluding hydrogens is 246 g/mol. The van der Waals surface area contributed by atoms with Gasteiger partial charge in [0.1, 0.15) is 0 Å². The van der Waals surface area contributed by atoms with E-state index in [1.54, 1.807) is 18.4 Å². The molecular formula is C14H21NO2S. The van der Waals surface area contributed by atoms with Crippen LogP contribution in [0.25, 0.3) is 0 Å². The van der Waals surface area contributed by atoms with Crippen molar-refractivity contribution in [3.8, 4) is 11.8 Å². The van der Waals surface area contributed by atoms with Gasteiger partial charge in [-0.2, -0.15) is 0 Å². The quantitative estimate of drug-likeness (QED) is 0.605. The average Bonchev–Trinajstić information content (AvgIpc) is 2.77. The van der Waals surface area contributed by atoms with Gasteiger partial charge in [-0.05, 0) is 24.9 Å². The third kappa shape index (κ3) is 5.65. The maximum atomic E-state index is 8.71. The first-order valence-corrected chi connectivity index (χ1v) is 6.99. The van der Waals surface area contributed by atoms with E-state index >= 15 is 0 Å². The van der Waals surface area contributed by atoms with Crippen molar-refractivity contribution in [1.82, 2.24) is 4.90 Å². The second kappa shape index (κ2) is 9.12. The maximum absolute atomic E-state index is 8.71. The third-order valence-corrected chi connectivity index (χ3v) is 3.41. The molecule has 100 valence electrons. The van der Waals surface area contributed by atoms with Crippen molar-refractivity contribution < 1.29 is 9.84 Å². The van der Waals surface area contributed by atoms with Gasteiger partial charge >= 0.3 is 0 Å². The predicted molar refractivity (Wildman–Crippen MR) is 75.7 cm³/mol. The Kier molecular flexibility index (Phi) is 7.70. The zero-order chi connectivity index (χ0) is 13.2. The summed E-state index contributed by atoms with van der Waals surface area (Å²) in [6.07, 6.45) is 1.59. The number of methoxy groups -OCH3 is 1. The predicted octanol–water partition coefficient (Wildman–Crippen LogP) is 1.95. The van der Waals surface area contributed by atoms with Crippen LogP contribution in [-0.4, -0.2) is 43.9 Å². The maximum Gasteiger partial charge on any atom is 0.0540 e. The number of aliphatic hydroxyl groups is 1. The molecule has 1 rings (SSSR count). The minimum atomic E-state index is 0.128. The Morgan fingerprint density at radius 2 is 2.33 bits per heavy atom. The molecule has 0 amide bonds. The average molecular weight is 267 g/mol. The molecule has 0 atom stereocenters. The van der Waals surface area contributed by atoms with Crippen molar-refractivity contribution in [3.05, 3.63) is 21.9 Å². The van der Waals surface area contributed by atoms with Gasteiger partial charge in [-0.1, -0.05) is 11.8 Å². The van der Waals surface area contributed by atoms with Crippen LogP contribution in [0.4, 0.5) is 0 Å². The first kappa shape index (κ1) is 15.2. The van der Waals surface area contributed by atoms with Crippen molar-refractivity contribution in [2.45, 2.75) is 19.4 Å². The lowest BCUT2D eigenvalue weighted by atomic mass is 10.2. The van der Waals surface area contributed by atoms with E-state index < -0.39 is 0 Å². The van der Waals surface area contributed by atoms with Crippen LogP contribution in [0.5, 0.6) is 0 Å². The van der Waals surface area contributed by atoms with Crippen molar-refractivity contribution >= 4 is 11.3 Å². The normalized spacial score (nSPS) is 10.4. The molecule has 0 spiro atoms. The molecule has 0 radical (unpaired) electrons. The van der Waals surface area contributed by atoms with Gasteiger partial charge in [0, 0.05) is 43.7 Å². The van der Waals surface area contributed by atoms with E-state index in [0.717, 1.165) is 31.7 Å². The highest BCUT2D eigenvalue weighted by Crippen LogP contribution is 2.17. The molecule has 1 aromatic rings. The minimum absolute atomic E-state index is 0.128. The molecule has 0 fully saturated rings. The fourth-order valence-electron chi connectivity index (χ4n) is 1.59. The Bertz CT molecular complexity index is 392. The monoisotopic (exact) mass is 267 g/mol. The summed E-state index contributed by atoms with van der Waals surface area (Å²) in [5.74, 6) is 6.09. The van der Waals surface area contributed by atoms with Crippen LogP contribution in [0.3, 0.4) is 0 Å². The molecule has 0 saturated carbocycles. The van der Waals surface area contributed by atoms with Crippen LogP contribution in [0.15, 0.2) is 11.4 Å². The molecule has 0 unspecified atom stereocenters. The van der Waals surface area contributed by atoms with E-state index in [4.69, 9.17) is 9.84 Å². The van der Waals surface area contributed by atoms with Gasteiger partial charge in [-0.25, -0.2) is 0 Å². The fraction of sp³-hybridized carbons (Fsp3) is 0.571. The summed E-state index contributed by atoms with van der Waals surface area (Å²) in [7, 11) is 3.84. The van der Waals surface area contributed by atoms with Crippen LogP contribution in [0.2, 0.25) is 0 Å². The topological polar surface area (TPSA) is 32.7 Å². The molecule has 18 heavy (non-hydrogen) atoms. The third-order valence-electron chi connectivity index (χ3n) is 2.51. The second-order valence-corrected chi connectivity index (χ2v) is 5.12. The molecule has 0 aliphatic rings. The minimum Gasteiger partial charge on any atom is -0.395 e. The molecule has 0 bridgehead atoms. The van der Waals surface area contributed by atoms with E-state index in [2.05, 4.69) is 29.2 Å². The van der Waals surface area contributed by atoms with Crippen LogP contribution in [-0.2, 0) is 11.3 Å². The SMILES string of the molecule is COCCCN(C)Cc1sccc1C#CCCO. The van der Waals surface area contributed by atoms with Crippen molar-refractivity contribution in [2.75, 3.05) is 33.9 Å². The van der Waals surface area contributed by atoms with Gasteiger partial charge in [0.25, 0.3) is 0 Å². The molecule has 3 nitrogen and oxygen atoms in total. The Labute approximate surface area is 113 Å². The summed E-state index contributed by atoms with van der Waals surface area (Å²) >= 11 is 1.74. The summed E-state index contributed by atoms with van der Waals surface area (Å²) in [4.78, 5) is 3.57. The summed E-state index contributed by atoms with van der Waals surface area (Å²) in [5, 5.41) is 10.8. The second-order valence-electron chi connectivity index (χ2n) is 4.12. The van der Waals surface area contributed by atoms with Crippen LogP contribution < -0.4 is 0 Å². The zero-order valence-corrected chi connectivity index (χ0v) is 11.9. The fourth-order valence-corrected chi connectivity index (χ4v) is 2.50. The Morgan fingerprint density at radius 1 is 1.50 bits per heavy atom. The van der Waals surface area contributed by atoms with Gasteiger partial charge in [0.15, 0.2) is 0 Å². The summed E-state index contributed by atoms with van der Waals surface area (Å²) in [6, 6.07) is 2.05.